The van der Waals surface area contributed by atoms with Crippen LogP contribution in [0.15, 0.2) is 176 Å². The van der Waals surface area contributed by atoms with Gasteiger partial charge in [0.1, 0.15) is 0 Å². The zero-order valence-electron chi connectivity index (χ0n) is 40.9. The van der Waals surface area contributed by atoms with Gasteiger partial charge in [-0.05, 0) is 130 Å². The summed E-state index contributed by atoms with van der Waals surface area (Å²) in [4.78, 5) is 0. The average Bonchev–Trinajstić information content (AvgIpc) is 2.09. The molecule has 82 heavy (non-hydrogen) atoms. The van der Waals surface area contributed by atoms with E-state index in [1.165, 1.54) is 77.4 Å². The Bertz CT molecular complexity index is 4410. The highest BCUT2D eigenvalue weighted by Gasteiger charge is 2.41. The van der Waals surface area contributed by atoms with Crippen LogP contribution in [0.5, 0.6) is 0 Å². The molecule has 0 radical (unpaired) electrons. The van der Waals surface area contributed by atoms with E-state index in [-0.39, 0.29) is 90.3 Å². The van der Waals surface area contributed by atoms with E-state index in [4.69, 9.17) is 0 Å². The molecule has 414 valence electrons. The van der Waals surface area contributed by atoms with Gasteiger partial charge >= 0.3 is 37.1 Å². The Labute approximate surface area is 449 Å². The van der Waals surface area contributed by atoms with E-state index in [1.807, 2.05) is 0 Å². The van der Waals surface area contributed by atoms with Gasteiger partial charge in [-0.2, -0.15) is 84.3 Å². The van der Waals surface area contributed by atoms with Gasteiger partial charge in [0, 0.05) is 32.7 Å². The van der Waals surface area contributed by atoms with Crippen molar-refractivity contribution in [2.75, 3.05) is 0 Å². The molecular formula is C61H29F18N3. The molecule has 0 fully saturated rings. The molecule has 0 aliphatic rings. The van der Waals surface area contributed by atoms with Gasteiger partial charge in [-0.15, -0.1) is 0 Å². The number of rotatable bonds is 6. The fourth-order valence-corrected chi connectivity index (χ4v) is 10.5. The number of hydrogen-bond acceptors (Lipinski definition) is 1. The smallest absolute Gasteiger partial charge is 0.309 e. The van der Waals surface area contributed by atoms with E-state index in [0.717, 1.165) is 0 Å². The maximum atomic E-state index is 14.6. The molecular weight excluding hydrogens is 1120 g/mol. The van der Waals surface area contributed by atoms with Crippen molar-refractivity contribution in [2.24, 2.45) is 0 Å². The van der Waals surface area contributed by atoms with Crippen molar-refractivity contribution in [2.45, 2.75) is 37.1 Å². The lowest BCUT2D eigenvalue weighted by atomic mass is 9.94. The summed E-state index contributed by atoms with van der Waals surface area (Å²) in [7, 11) is 0. The lowest BCUT2D eigenvalue weighted by Gasteiger charge is -2.21. The fraction of sp³-hybridized carbons (Fsp3) is 0.0984. The molecule has 0 saturated carbocycles. The summed E-state index contributed by atoms with van der Waals surface area (Å²) >= 11 is 0. The first-order valence-corrected chi connectivity index (χ1v) is 24.0. The Kier molecular flexibility index (Phi) is 12.7. The van der Waals surface area contributed by atoms with Crippen molar-refractivity contribution in [1.29, 1.82) is 5.26 Å². The maximum absolute atomic E-state index is 14.6. The van der Waals surface area contributed by atoms with Crippen LogP contribution in [0, 0.1) is 11.3 Å². The molecule has 0 unspecified atom stereocenters. The van der Waals surface area contributed by atoms with Crippen LogP contribution in [0.1, 0.15) is 38.9 Å². The summed E-state index contributed by atoms with van der Waals surface area (Å²) in [5, 5.41) is 11.5. The zero-order valence-corrected chi connectivity index (χ0v) is 40.9. The van der Waals surface area contributed by atoms with E-state index < -0.39 is 87.1 Å². The van der Waals surface area contributed by atoms with Gasteiger partial charge in [0.05, 0.1) is 78.5 Å². The average molecular weight is 1150 g/mol. The summed E-state index contributed by atoms with van der Waals surface area (Å²) in [5.41, 5.74) is -10.2. The van der Waals surface area contributed by atoms with Gasteiger partial charge in [0.15, 0.2) is 0 Å². The molecule has 0 bridgehead atoms. The Morgan fingerprint density at radius 1 is 0.280 bits per heavy atom. The predicted octanol–water partition coefficient (Wildman–Crippen LogP) is 20.5. The molecule has 9 aromatic carbocycles. The lowest BCUT2D eigenvalue weighted by Crippen LogP contribution is -2.12. The number of nitriles is 1. The van der Waals surface area contributed by atoms with Gasteiger partial charge in [-0.25, -0.2) is 0 Å². The van der Waals surface area contributed by atoms with E-state index in [9.17, 15) is 84.3 Å². The summed E-state index contributed by atoms with van der Waals surface area (Å²) in [6, 6.07) is 34.2. The van der Waals surface area contributed by atoms with Gasteiger partial charge < -0.3 is 9.13 Å². The number of para-hydroxylation sites is 2. The molecule has 0 amide bonds. The molecule has 0 spiro atoms. The minimum atomic E-state index is -5.29. The van der Waals surface area contributed by atoms with Crippen LogP contribution in [0.3, 0.4) is 0 Å². The monoisotopic (exact) mass is 1150 g/mol. The van der Waals surface area contributed by atoms with E-state index >= 15 is 0 Å². The Hall–Kier alpha value is -9.19. The molecule has 2 aromatic heterocycles. The van der Waals surface area contributed by atoms with Crippen molar-refractivity contribution in [3.8, 4) is 62.0 Å². The molecule has 0 saturated heterocycles. The summed E-state index contributed by atoms with van der Waals surface area (Å²) < 4.78 is 260. The van der Waals surface area contributed by atoms with Crippen LogP contribution in [0.4, 0.5) is 79.0 Å². The summed E-state index contributed by atoms with van der Waals surface area (Å²) in [6.07, 6.45) is -31.4. The Morgan fingerprint density at radius 2 is 0.659 bits per heavy atom. The molecule has 2 heterocycles. The molecule has 11 rings (SSSR count). The normalized spacial score (nSPS) is 13.0. The quantitative estimate of drug-likeness (QED) is 0.153. The molecule has 0 aliphatic carbocycles. The number of benzene rings is 9. The molecule has 21 heteroatoms. The van der Waals surface area contributed by atoms with Crippen molar-refractivity contribution in [3.63, 3.8) is 0 Å². The molecule has 0 N–H and O–H groups in total. The van der Waals surface area contributed by atoms with Gasteiger partial charge in [0.25, 0.3) is 0 Å². The first-order valence-electron chi connectivity index (χ1n) is 24.0. The summed E-state index contributed by atoms with van der Waals surface area (Å²) in [5.74, 6) is 0. The van der Waals surface area contributed by atoms with Gasteiger partial charge in [-0.1, -0.05) is 78.9 Å². The van der Waals surface area contributed by atoms with Crippen LogP contribution in [-0.2, 0) is 37.1 Å². The van der Waals surface area contributed by atoms with Crippen molar-refractivity contribution >= 4 is 43.6 Å². The van der Waals surface area contributed by atoms with Crippen molar-refractivity contribution in [1.82, 2.24) is 9.13 Å². The first kappa shape index (κ1) is 54.8. The van der Waals surface area contributed by atoms with Crippen molar-refractivity contribution < 1.29 is 79.0 Å². The third kappa shape index (κ3) is 9.68. The molecule has 0 atom stereocenters. The predicted molar refractivity (Wildman–Crippen MR) is 272 cm³/mol. The second kappa shape index (κ2) is 19.0. The number of alkyl halides is 18. The standard InChI is InChI=1S/C61H29F18N3/c62-56(63,64)36-13-17-40(48(28-36)60(74,75)76)33-11-19-52-46(24-33)42-5-1-3-7-50(42)81(52)54-21-31(30-80)9-15-44(54)45-16-10-32(35-22-38(58(68,69)70)27-39(23-35)59(71,72)73)26-55(45)82-51-8-4-2-6-43(51)47-25-34(12-20-53(47)82)41-18-14-37(57(65,66)67)29-49(41)61(77,78)79/h1-29H. The minimum absolute atomic E-state index is 0.00661. The summed E-state index contributed by atoms with van der Waals surface area (Å²) in [6.45, 7) is 0. The number of nitrogens with zero attached hydrogens (tertiary/aromatic N) is 3. The van der Waals surface area contributed by atoms with E-state index in [0.29, 0.717) is 52.7 Å². The van der Waals surface area contributed by atoms with Gasteiger partial charge in [0.2, 0.25) is 0 Å². The third-order valence-corrected chi connectivity index (χ3v) is 14.1. The maximum Gasteiger partial charge on any atom is 0.417 e. The van der Waals surface area contributed by atoms with Crippen molar-refractivity contribution in [3.05, 3.63) is 215 Å². The van der Waals surface area contributed by atoms with Crippen LogP contribution >= 0.6 is 0 Å². The van der Waals surface area contributed by atoms with Crippen LogP contribution in [0.2, 0.25) is 0 Å². The topological polar surface area (TPSA) is 33.6 Å². The zero-order chi connectivity index (χ0) is 58.8. The number of aromatic nitrogens is 2. The minimum Gasteiger partial charge on any atom is -0.309 e. The highest BCUT2D eigenvalue weighted by Crippen LogP contribution is 2.48. The largest absolute Gasteiger partial charge is 0.417 e. The number of hydrogen-bond donors (Lipinski definition) is 0. The van der Waals surface area contributed by atoms with Crippen LogP contribution in [-0.4, -0.2) is 9.13 Å². The molecule has 3 nitrogen and oxygen atoms in total. The van der Waals surface area contributed by atoms with E-state index in [1.54, 1.807) is 53.1 Å². The molecule has 11 aromatic rings. The third-order valence-electron chi connectivity index (χ3n) is 14.1. The first-order chi connectivity index (χ1) is 38.4. The van der Waals surface area contributed by atoms with Gasteiger partial charge in [-0.3, -0.25) is 0 Å². The highest BCUT2D eigenvalue weighted by atomic mass is 19.4. The number of fused-ring (bicyclic) bond motifs is 6. The van der Waals surface area contributed by atoms with Crippen LogP contribution in [0.25, 0.3) is 99.5 Å². The van der Waals surface area contributed by atoms with Crippen LogP contribution < -0.4 is 0 Å². The Morgan fingerprint density at radius 3 is 1.07 bits per heavy atom. The fourth-order valence-electron chi connectivity index (χ4n) is 10.5. The highest BCUT2D eigenvalue weighted by molar-refractivity contribution is 6.13. The SMILES string of the molecule is N#Cc1ccc(-c2ccc(-c3cc(C(F)(F)F)cc(C(F)(F)F)c3)cc2-n2c3ccccc3c3cc(-c4ccc(C(F)(F)F)cc4C(F)(F)F)ccc32)c(-n2c3ccccc3c3cc(-c4ccc(C(F)(F)F)cc4C(F)(F)F)ccc32)c1. The van der Waals surface area contributed by atoms with E-state index in [2.05, 4.69) is 6.07 Å². The lowest BCUT2D eigenvalue weighted by molar-refractivity contribution is -0.144. The molecule has 0 aliphatic heterocycles. The number of halogens is 18. The second-order valence-electron chi connectivity index (χ2n) is 19.1. The Balaban J connectivity index is 1.20. The second-order valence-corrected chi connectivity index (χ2v) is 19.1.